The van der Waals surface area contributed by atoms with Gasteiger partial charge in [0.2, 0.25) is 5.91 Å². The number of carbonyl (C=O) groups is 1. The highest BCUT2D eigenvalue weighted by Crippen LogP contribution is 2.15. The lowest BCUT2D eigenvalue weighted by molar-refractivity contribution is -0.126. The van der Waals surface area contributed by atoms with E-state index in [0.717, 1.165) is 13.1 Å². The molecule has 2 atom stereocenters. The van der Waals surface area contributed by atoms with E-state index in [0.29, 0.717) is 12.5 Å². The summed E-state index contributed by atoms with van der Waals surface area (Å²) < 4.78 is 0. The van der Waals surface area contributed by atoms with Crippen molar-refractivity contribution in [3.05, 3.63) is 0 Å². The predicted octanol–water partition coefficient (Wildman–Crippen LogP) is 0.118. The fourth-order valence-corrected chi connectivity index (χ4v) is 1.34. The van der Waals surface area contributed by atoms with Crippen molar-refractivity contribution in [3.8, 4) is 6.07 Å². The van der Waals surface area contributed by atoms with E-state index in [1.54, 1.807) is 6.92 Å². The highest BCUT2D eigenvalue weighted by atomic mass is 16.1. The van der Waals surface area contributed by atoms with Gasteiger partial charge >= 0.3 is 0 Å². The maximum Gasteiger partial charge on any atom is 0.223 e. The van der Waals surface area contributed by atoms with E-state index in [-0.39, 0.29) is 17.7 Å². The minimum absolute atomic E-state index is 0.0575. The highest BCUT2D eigenvalue weighted by Gasteiger charge is 2.28. The third kappa shape index (κ3) is 2.71. The van der Waals surface area contributed by atoms with Crippen molar-refractivity contribution < 1.29 is 4.79 Å². The largest absolute Gasteiger partial charge is 0.355 e. The van der Waals surface area contributed by atoms with Gasteiger partial charge < -0.3 is 10.6 Å². The van der Waals surface area contributed by atoms with Gasteiger partial charge in [-0.15, -0.1) is 0 Å². The molecule has 2 N–H and O–H groups in total. The Labute approximate surface area is 84.7 Å². The first-order valence-electron chi connectivity index (χ1n) is 5.03. The Bertz CT molecular complexity index is 242. The summed E-state index contributed by atoms with van der Waals surface area (Å²) in [4.78, 5) is 11.5. The first-order valence-corrected chi connectivity index (χ1v) is 5.03. The highest BCUT2D eigenvalue weighted by molar-refractivity contribution is 5.78. The third-order valence-electron chi connectivity index (χ3n) is 2.74. The molecule has 1 amide bonds. The van der Waals surface area contributed by atoms with Crippen LogP contribution in [0, 0.1) is 29.1 Å². The molecular weight excluding hydrogens is 178 g/mol. The average molecular weight is 195 g/mol. The van der Waals surface area contributed by atoms with Gasteiger partial charge in [-0.2, -0.15) is 5.26 Å². The number of rotatable bonds is 4. The fourth-order valence-electron chi connectivity index (χ4n) is 1.34. The van der Waals surface area contributed by atoms with Crippen molar-refractivity contribution in [1.82, 2.24) is 10.6 Å². The van der Waals surface area contributed by atoms with Gasteiger partial charge in [-0.05, 0) is 25.9 Å². The lowest BCUT2D eigenvalue weighted by atomic mass is 9.88. The molecule has 1 heterocycles. The Morgan fingerprint density at radius 3 is 2.71 bits per heavy atom. The van der Waals surface area contributed by atoms with E-state index in [1.165, 1.54) is 0 Å². The molecule has 4 heteroatoms. The van der Waals surface area contributed by atoms with Crippen LogP contribution in [0.15, 0.2) is 0 Å². The second kappa shape index (κ2) is 4.97. The minimum Gasteiger partial charge on any atom is -0.355 e. The van der Waals surface area contributed by atoms with Crippen LogP contribution < -0.4 is 10.6 Å². The molecule has 0 aromatic heterocycles. The molecule has 0 radical (unpaired) electrons. The molecule has 0 aromatic rings. The van der Waals surface area contributed by atoms with Crippen LogP contribution in [-0.4, -0.2) is 25.5 Å². The normalized spacial score (nSPS) is 20.4. The van der Waals surface area contributed by atoms with Crippen LogP contribution in [0.4, 0.5) is 0 Å². The number of nitriles is 1. The summed E-state index contributed by atoms with van der Waals surface area (Å²) in [5.41, 5.74) is 0. The fraction of sp³-hybridized carbons (Fsp3) is 0.800. The molecule has 14 heavy (non-hydrogen) atoms. The molecule has 4 nitrogen and oxygen atoms in total. The van der Waals surface area contributed by atoms with E-state index < -0.39 is 0 Å². The SMILES string of the molecule is CC(C#N)CNC(=O)C(C)C1CNC1. The van der Waals surface area contributed by atoms with Gasteiger partial charge in [0.15, 0.2) is 0 Å². The second-order valence-corrected chi connectivity index (χ2v) is 3.98. The zero-order chi connectivity index (χ0) is 10.6. The van der Waals surface area contributed by atoms with Crippen LogP contribution >= 0.6 is 0 Å². The van der Waals surface area contributed by atoms with Crippen LogP contribution in [0.25, 0.3) is 0 Å². The number of carbonyl (C=O) groups excluding carboxylic acids is 1. The summed E-state index contributed by atoms with van der Waals surface area (Å²) >= 11 is 0. The minimum atomic E-state index is -0.106. The van der Waals surface area contributed by atoms with Crippen molar-refractivity contribution in [2.24, 2.45) is 17.8 Å². The van der Waals surface area contributed by atoms with Gasteiger partial charge in [-0.1, -0.05) is 6.92 Å². The van der Waals surface area contributed by atoms with Gasteiger partial charge in [0, 0.05) is 12.5 Å². The van der Waals surface area contributed by atoms with Gasteiger partial charge in [0.25, 0.3) is 0 Å². The number of nitrogens with zero attached hydrogens (tertiary/aromatic N) is 1. The van der Waals surface area contributed by atoms with E-state index in [2.05, 4.69) is 16.7 Å². The van der Waals surface area contributed by atoms with Crippen LogP contribution in [0.3, 0.4) is 0 Å². The molecular formula is C10H17N3O. The molecule has 78 valence electrons. The summed E-state index contributed by atoms with van der Waals surface area (Å²) in [5, 5.41) is 14.5. The molecule has 1 fully saturated rings. The molecule has 0 bridgehead atoms. The molecule has 2 unspecified atom stereocenters. The number of hydrogen-bond acceptors (Lipinski definition) is 3. The molecule has 0 saturated carbocycles. The Balaban J connectivity index is 2.24. The standard InChI is InChI=1S/C10H17N3O/c1-7(3-11)4-13-10(14)8(2)9-5-12-6-9/h7-9,12H,4-6H2,1-2H3,(H,13,14). The van der Waals surface area contributed by atoms with Gasteiger partial charge in [-0.3, -0.25) is 4.79 Å². The van der Waals surface area contributed by atoms with Crippen LogP contribution in [0.1, 0.15) is 13.8 Å². The Morgan fingerprint density at radius 2 is 2.29 bits per heavy atom. The summed E-state index contributed by atoms with van der Waals surface area (Å²) in [6.45, 7) is 6.07. The average Bonchev–Trinajstić information content (AvgIpc) is 2.10. The van der Waals surface area contributed by atoms with Crippen molar-refractivity contribution >= 4 is 5.91 Å². The quantitative estimate of drug-likeness (QED) is 0.669. The maximum atomic E-state index is 11.5. The van der Waals surface area contributed by atoms with Crippen LogP contribution in [0.2, 0.25) is 0 Å². The smallest absolute Gasteiger partial charge is 0.223 e. The van der Waals surface area contributed by atoms with Crippen LogP contribution in [-0.2, 0) is 4.79 Å². The Morgan fingerprint density at radius 1 is 1.64 bits per heavy atom. The molecule has 1 aliphatic heterocycles. The molecule has 0 spiro atoms. The zero-order valence-corrected chi connectivity index (χ0v) is 8.71. The molecule has 1 aliphatic rings. The van der Waals surface area contributed by atoms with E-state index in [1.807, 2.05) is 6.92 Å². The Kier molecular flexibility index (Phi) is 3.90. The molecule has 0 aromatic carbocycles. The van der Waals surface area contributed by atoms with E-state index >= 15 is 0 Å². The number of hydrogen-bond donors (Lipinski definition) is 2. The van der Waals surface area contributed by atoms with Crippen molar-refractivity contribution in [3.63, 3.8) is 0 Å². The summed E-state index contributed by atoms with van der Waals surface area (Å²) in [6, 6.07) is 2.09. The number of amides is 1. The van der Waals surface area contributed by atoms with Crippen molar-refractivity contribution in [1.29, 1.82) is 5.26 Å². The van der Waals surface area contributed by atoms with E-state index in [9.17, 15) is 4.79 Å². The first-order chi connectivity index (χ1) is 6.65. The lowest BCUT2D eigenvalue weighted by Gasteiger charge is -2.31. The van der Waals surface area contributed by atoms with Gasteiger partial charge in [-0.25, -0.2) is 0 Å². The molecule has 0 aliphatic carbocycles. The maximum absolute atomic E-state index is 11.5. The summed E-state index contributed by atoms with van der Waals surface area (Å²) in [6.07, 6.45) is 0. The third-order valence-corrected chi connectivity index (χ3v) is 2.74. The molecule has 1 saturated heterocycles. The Hall–Kier alpha value is -1.08. The molecule has 1 rings (SSSR count). The van der Waals surface area contributed by atoms with Crippen molar-refractivity contribution in [2.75, 3.05) is 19.6 Å². The first kappa shape index (κ1) is 11.0. The monoisotopic (exact) mass is 195 g/mol. The van der Waals surface area contributed by atoms with Crippen LogP contribution in [0.5, 0.6) is 0 Å². The predicted molar refractivity (Wildman–Crippen MR) is 53.3 cm³/mol. The van der Waals surface area contributed by atoms with Gasteiger partial charge in [0.05, 0.1) is 12.0 Å². The topological polar surface area (TPSA) is 64.9 Å². The second-order valence-electron chi connectivity index (χ2n) is 3.98. The lowest BCUT2D eigenvalue weighted by Crippen LogP contribution is -2.49. The van der Waals surface area contributed by atoms with Crippen molar-refractivity contribution in [2.45, 2.75) is 13.8 Å². The zero-order valence-electron chi connectivity index (χ0n) is 8.71. The number of nitrogens with one attached hydrogen (secondary N) is 2. The summed E-state index contributed by atoms with van der Waals surface area (Å²) in [5.74, 6) is 0.485. The van der Waals surface area contributed by atoms with Gasteiger partial charge in [0.1, 0.15) is 0 Å². The summed E-state index contributed by atoms with van der Waals surface area (Å²) in [7, 11) is 0. The van der Waals surface area contributed by atoms with E-state index in [4.69, 9.17) is 5.26 Å².